The predicted octanol–water partition coefficient (Wildman–Crippen LogP) is 2.04. The van der Waals surface area contributed by atoms with Gasteiger partial charge in [0.2, 0.25) is 0 Å². The molecule has 0 aliphatic rings. The summed E-state index contributed by atoms with van der Waals surface area (Å²) in [5, 5.41) is 0. The third-order valence-electron chi connectivity index (χ3n) is 2.14. The molecular formula is C12H18O3. The smallest absolute Gasteiger partial charge is 0.119 e. The molecule has 84 valence electrons. The van der Waals surface area contributed by atoms with E-state index in [4.69, 9.17) is 14.2 Å². The minimum atomic E-state index is -0.0173. The van der Waals surface area contributed by atoms with Crippen LogP contribution in [0.5, 0.6) is 5.75 Å². The molecular weight excluding hydrogens is 192 g/mol. The van der Waals surface area contributed by atoms with Crippen LogP contribution in [0.4, 0.5) is 0 Å². The highest BCUT2D eigenvalue weighted by atomic mass is 16.5. The summed E-state index contributed by atoms with van der Waals surface area (Å²) in [6.45, 7) is 3.10. The van der Waals surface area contributed by atoms with Gasteiger partial charge in [-0.15, -0.1) is 0 Å². The number of ether oxygens (including phenoxy) is 3. The molecule has 0 bridgehead atoms. The molecule has 15 heavy (non-hydrogen) atoms. The lowest BCUT2D eigenvalue weighted by Crippen LogP contribution is -2.25. The van der Waals surface area contributed by atoms with Gasteiger partial charge in [-0.2, -0.15) is 0 Å². The van der Waals surface area contributed by atoms with Crippen molar-refractivity contribution >= 4 is 0 Å². The highest BCUT2D eigenvalue weighted by Crippen LogP contribution is 2.11. The molecule has 1 atom stereocenters. The maximum Gasteiger partial charge on any atom is 0.119 e. The molecule has 1 rings (SSSR count). The van der Waals surface area contributed by atoms with Crippen LogP contribution in [0.15, 0.2) is 24.3 Å². The zero-order valence-corrected chi connectivity index (χ0v) is 9.53. The van der Waals surface area contributed by atoms with Crippen molar-refractivity contribution in [2.45, 2.75) is 13.0 Å². The van der Waals surface area contributed by atoms with Crippen molar-refractivity contribution in [3.05, 3.63) is 29.8 Å². The van der Waals surface area contributed by atoms with E-state index in [1.165, 1.54) is 5.56 Å². The van der Waals surface area contributed by atoms with Gasteiger partial charge in [-0.1, -0.05) is 17.7 Å². The van der Waals surface area contributed by atoms with Crippen molar-refractivity contribution in [1.82, 2.24) is 0 Å². The van der Waals surface area contributed by atoms with E-state index in [9.17, 15) is 0 Å². The highest BCUT2D eigenvalue weighted by molar-refractivity contribution is 5.26. The molecule has 0 spiro atoms. The van der Waals surface area contributed by atoms with Crippen LogP contribution < -0.4 is 4.74 Å². The molecule has 1 aromatic carbocycles. The Morgan fingerprint density at radius 3 is 2.27 bits per heavy atom. The molecule has 0 aliphatic carbocycles. The third kappa shape index (κ3) is 4.32. The van der Waals surface area contributed by atoms with Crippen LogP contribution in [-0.4, -0.2) is 33.5 Å². The van der Waals surface area contributed by atoms with E-state index in [0.717, 1.165) is 5.75 Å². The minimum Gasteiger partial charge on any atom is -0.491 e. The van der Waals surface area contributed by atoms with Gasteiger partial charge in [0.05, 0.1) is 6.61 Å². The van der Waals surface area contributed by atoms with Crippen LogP contribution in [0.1, 0.15) is 5.56 Å². The van der Waals surface area contributed by atoms with Crippen LogP contribution in [-0.2, 0) is 9.47 Å². The van der Waals surface area contributed by atoms with Crippen LogP contribution in [0, 0.1) is 6.92 Å². The fraction of sp³-hybridized carbons (Fsp3) is 0.500. The van der Waals surface area contributed by atoms with Gasteiger partial charge in [0.15, 0.2) is 0 Å². The molecule has 0 aromatic heterocycles. The van der Waals surface area contributed by atoms with E-state index in [1.807, 2.05) is 31.2 Å². The first kappa shape index (κ1) is 12.0. The Balaban J connectivity index is 2.38. The molecule has 3 nitrogen and oxygen atoms in total. The summed E-state index contributed by atoms with van der Waals surface area (Å²) in [7, 11) is 3.31. The molecule has 0 N–H and O–H groups in total. The van der Waals surface area contributed by atoms with Gasteiger partial charge in [-0.3, -0.25) is 0 Å². The Hall–Kier alpha value is -1.06. The predicted molar refractivity (Wildman–Crippen MR) is 59.3 cm³/mol. The largest absolute Gasteiger partial charge is 0.491 e. The number of rotatable bonds is 6. The lowest BCUT2D eigenvalue weighted by Gasteiger charge is -2.15. The summed E-state index contributed by atoms with van der Waals surface area (Å²) < 4.78 is 15.7. The average Bonchev–Trinajstić information content (AvgIpc) is 2.26. The summed E-state index contributed by atoms with van der Waals surface area (Å²) in [5.41, 5.74) is 1.22. The van der Waals surface area contributed by atoms with Crippen molar-refractivity contribution in [2.24, 2.45) is 0 Å². The van der Waals surface area contributed by atoms with E-state index in [2.05, 4.69) is 0 Å². The summed E-state index contributed by atoms with van der Waals surface area (Å²) in [4.78, 5) is 0. The topological polar surface area (TPSA) is 27.7 Å². The normalized spacial score (nSPS) is 12.5. The second-order valence-electron chi connectivity index (χ2n) is 3.44. The summed E-state index contributed by atoms with van der Waals surface area (Å²) in [6.07, 6.45) is -0.0173. The third-order valence-corrected chi connectivity index (χ3v) is 2.14. The molecule has 1 unspecified atom stereocenters. The summed E-state index contributed by atoms with van der Waals surface area (Å²) in [5.74, 6) is 0.860. The zero-order valence-electron chi connectivity index (χ0n) is 9.53. The first-order chi connectivity index (χ1) is 7.26. The molecule has 0 saturated heterocycles. The molecule has 0 fully saturated rings. The van der Waals surface area contributed by atoms with Crippen LogP contribution in [0.3, 0.4) is 0 Å². The standard InChI is InChI=1S/C12H18O3/c1-10-4-6-11(7-5-10)15-9-12(14-3)8-13-2/h4-7,12H,8-9H2,1-3H3. The van der Waals surface area contributed by atoms with Gasteiger partial charge in [0, 0.05) is 14.2 Å². The van der Waals surface area contributed by atoms with E-state index >= 15 is 0 Å². The van der Waals surface area contributed by atoms with Crippen molar-refractivity contribution in [1.29, 1.82) is 0 Å². The Morgan fingerprint density at radius 2 is 1.73 bits per heavy atom. The number of aryl methyl sites for hydroxylation is 1. The SMILES string of the molecule is COCC(COc1ccc(C)cc1)OC. The van der Waals surface area contributed by atoms with E-state index in [1.54, 1.807) is 14.2 Å². The Labute approximate surface area is 91.0 Å². The fourth-order valence-corrected chi connectivity index (χ4v) is 1.19. The molecule has 0 radical (unpaired) electrons. The van der Waals surface area contributed by atoms with Crippen LogP contribution >= 0.6 is 0 Å². The first-order valence-electron chi connectivity index (χ1n) is 4.97. The monoisotopic (exact) mass is 210 g/mol. The number of hydrogen-bond donors (Lipinski definition) is 0. The van der Waals surface area contributed by atoms with Gasteiger partial charge in [-0.05, 0) is 19.1 Å². The average molecular weight is 210 g/mol. The van der Waals surface area contributed by atoms with Gasteiger partial charge < -0.3 is 14.2 Å². The maximum absolute atomic E-state index is 5.56. The van der Waals surface area contributed by atoms with Crippen molar-refractivity contribution in [3.63, 3.8) is 0 Å². The number of hydrogen-bond acceptors (Lipinski definition) is 3. The molecule has 0 heterocycles. The van der Waals surface area contributed by atoms with Crippen molar-refractivity contribution < 1.29 is 14.2 Å². The fourth-order valence-electron chi connectivity index (χ4n) is 1.19. The summed E-state index contributed by atoms with van der Waals surface area (Å²) in [6, 6.07) is 7.95. The molecule has 3 heteroatoms. The van der Waals surface area contributed by atoms with E-state index in [0.29, 0.717) is 13.2 Å². The van der Waals surface area contributed by atoms with E-state index in [-0.39, 0.29) is 6.10 Å². The Kier molecular flexibility index (Phi) is 5.15. The molecule has 1 aromatic rings. The number of methoxy groups -OCH3 is 2. The van der Waals surface area contributed by atoms with Gasteiger partial charge in [0.1, 0.15) is 18.5 Å². The Bertz CT molecular complexity index is 269. The van der Waals surface area contributed by atoms with Crippen molar-refractivity contribution in [2.75, 3.05) is 27.4 Å². The minimum absolute atomic E-state index is 0.0173. The second kappa shape index (κ2) is 6.43. The zero-order chi connectivity index (χ0) is 11.1. The second-order valence-corrected chi connectivity index (χ2v) is 3.44. The summed E-state index contributed by atoms with van der Waals surface area (Å²) >= 11 is 0. The lowest BCUT2D eigenvalue weighted by atomic mass is 10.2. The molecule has 0 aliphatic heterocycles. The van der Waals surface area contributed by atoms with Gasteiger partial charge in [0.25, 0.3) is 0 Å². The molecule has 0 saturated carbocycles. The quantitative estimate of drug-likeness (QED) is 0.719. The van der Waals surface area contributed by atoms with Crippen molar-refractivity contribution in [3.8, 4) is 5.75 Å². The van der Waals surface area contributed by atoms with Crippen LogP contribution in [0.25, 0.3) is 0 Å². The van der Waals surface area contributed by atoms with E-state index < -0.39 is 0 Å². The lowest BCUT2D eigenvalue weighted by molar-refractivity contribution is 0.000875. The van der Waals surface area contributed by atoms with Gasteiger partial charge >= 0.3 is 0 Å². The number of benzene rings is 1. The molecule has 0 amide bonds. The Morgan fingerprint density at radius 1 is 1.07 bits per heavy atom. The maximum atomic E-state index is 5.56. The highest BCUT2D eigenvalue weighted by Gasteiger charge is 2.07. The first-order valence-corrected chi connectivity index (χ1v) is 4.97. The van der Waals surface area contributed by atoms with Crippen LogP contribution in [0.2, 0.25) is 0 Å². The van der Waals surface area contributed by atoms with Gasteiger partial charge in [-0.25, -0.2) is 0 Å².